The lowest BCUT2D eigenvalue weighted by Gasteiger charge is -2.19. The minimum absolute atomic E-state index is 0.0216. The van der Waals surface area contributed by atoms with E-state index >= 15 is 0 Å². The average Bonchev–Trinajstić information content (AvgIpc) is 2.83. The van der Waals surface area contributed by atoms with Crippen LogP contribution < -0.4 is 10.1 Å². The second-order valence-electron chi connectivity index (χ2n) is 4.88. The second kappa shape index (κ2) is 4.66. The molecule has 0 radical (unpaired) electrons. The van der Waals surface area contributed by atoms with E-state index in [1.807, 2.05) is 6.92 Å². The van der Waals surface area contributed by atoms with Gasteiger partial charge in [-0.2, -0.15) is 0 Å². The summed E-state index contributed by atoms with van der Waals surface area (Å²) in [7, 11) is 0. The first kappa shape index (κ1) is 12.2. The first-order chi connectivity index (χ1) is 9.15. The van der Waals surface area contributed by atoms with Crippen LogP contribution >= 0.6 is 0 Å². The van der Waals surface area contributed by atoms with Crippen LogP contribution in [0.15, 0.2) is 18.2 Å². The van der Waals surface area contributed by atoms with Crippen LogP contribution in [0.3, 0.4) is 0 Å². The summed E-state index contributed by atoms with van der Waals surface area (Å²) < 4.78 is 10.7. The summed E-state index contributed by atoms with van der Waals surface area (Å²) in [6.07, 6.45) is 0.703. The number of anilines is 1. The zero-order chi connectivity index (χ0) is 13.4. The van der Waals surface area contributed by atoms with Crippen LogP contribution in [-0.2, 0) is 9.53 Å². The second-order valence-corrected chi connectivity index (χ2v) is 4.88. The number of ether oxygens (including phenoxy) is 2. The molecule has 1 fully saturated rings. The molecule has 2 aliphatic rings. The normalized spacial score (nSPS) is 25.4. The molecule has 100 valence electrons. The molecule has 19 heavy (non-hydrogen) atoms. The number of carbonyl (C=O) groups excluding carboxylic acids is 2. The average molecular weight is 261 g/mol. The van der Waals surface area contributed by atoms with E-state index in [4.69, 9.17) is 9.47 Å². The molecule has 1 N–H and O–H groups in total. The van der Waals surface area contributed by atoms with Gasteiger partial charge in [0, 0.05) is 12.2 Å². The van der Waals surface area contributed by atoms with Gasteiger partial charge < -0.3 is 14.8 Å². The van der Waals surface area contributed by atoms with Crippen LogP contribution in [0, 0.1) is 5.92 Å². The minimum Gasteiger partial charge on any atom is -0.482 e. The number of fused-ring (bicyclic) bond motifs is 1. The number of benzene rings is 1. The van der Waals surface area contributed by atoms with Crippen molar-refractivity contribution in [2.24, 2.45) is 5.92 Å². The van der Waals surface area contributed by atoms with Crippen molar-refractivity contribution >= 4 is 17.4 Å². The van der Waals surface area contributed by atoms with Crippen molar-refractivity contribution in [2.75, 3.05) is 18.5 Å². The maximum absolute atomic E-state index is 12.4. The van der Waals surface area contributed by atoms with Crippen molar-refractivity contribution in [3.05, 3.63) is 23.8 Å². The van der Waals surface area contributed by atoms with Crippen molar-refractivity contribution in [2.45, 2.75) is 19.4 Å². The highest BCUT2D eigenvalue weighted by atomic mass is 16.5. The Labute approximate surface area is 110 Å². The molecule has 1 aromatic carbocycles. The predicted octanol–water partition coefficient (Wildman–Crippen LogP) is 1.63. The van der Waals surface area contributed by atoms with E-state index in [0.717, 1.165) is 6.42 Å². The van der Waals surface area contributed by atoms with Gasteiger partial charge in [0.2, 0.25) is 0 Å². The third kappa shape index (κ3) is 2.21. The first-order valence-electron chi connectivity index (χ1n) is 6.37. The molecule has 1 amide bonds. The number of Topliss-reactive ketones (excluding diaryl/α,β-unsaturated/α-hetero) is 1. The van der Waals surface area contributed by atoms with Crippen molar-refractivity contribution in [1.82, 2.24) is 0 Å². The van der Waals surface area contributed by atoms with Gasteiger partial charge in [-0.15, -0.1) is 0 Å². The number of carbonyl (C=O) groups is 2. The smallest absolute Gasteiger partial charge is 0.262 e. The van der Waals surface area contributed by atoms with Gasteiger partial charge in [-0.1, -0.05) is 0 Å². The molecule has 5 nitrogen and oxygen atoms in total. The Morgan fingerprint density at radius 3 is 3.00 bits per heavy atom. The van der Waals surface area contributed by atoms with E-state index in [2.05, 4.69) is 5.32 Å². The molecular formula is C14H15NO4. The van der Waals surface area contributed by atoms with Crippen LogP contribution in [0.1, 0.15) is 23.7 Å². The fourth-order valence-electron chi connectivity index (χ4n) is 2.53. The minimum atomic E-state index is -0.199. The van der Waals surface area contributed by atoms with Gasteiger partial charge >= 0.3 is 0 Å². The molecule has 1 aromatic rings. The van der Waals surface area contributed by atoms with Crippen LogP contribution in [0.5, 0.6) is 5.75 Å². The summed E-state index contributed by atoms with van der Waals surface area (Å²) in [5.41, 5.74) is 1.15. The lowest BCUT2D eigenvalue weighted by Crippen LogP contribution is -2.26. The Morgan fingerprint density at radius 2 is 2.26 bits per heavy atom. The quantitative estimate of drug-likeness (QED) is 0.822. The monoisotopic (exact) mass is 261 g/mol. The van der Waals surface area contributed by atoms with E-state index in [1.54, 1.807) is 18.2 Å². The van der Waals surface area contributed by atoms with Gasteiger partial charge in [0.15, 0.2) is 12.4 Å². The summed E-state index contributed by atoms with van der Waals surface area (Å²) in [5, 5.41) is 2.71. The lowest BCUT2D eigenvalue weighted by atomic mass is 9.92. The van der Waals surface area contributed by atoms with Crippen LogP contribution in [0.4, 0.5) is 5.69 Å². The van der Waals surface area contributed by atoms with Crippen LogP contribution in [0.25, 0.3) is 0 Å². The summed E-state index contributed by atoms with van der Waals surface area (Å²) in [4.78, 5) is 23.7. The summed E-state index contributed by atoms with van der Waals surface area (Å²) in [6, 6.07) is 5.14. The Kier molecular flexibility index (Phi) is 2.98. The predicted molar refractivity (Wildman–Crippen MR) is 68.4 cm³/mol. The molecule has 0 aliphatic carbocycles. The SMILES string of the molecule is CC1OCCC1C(=O)c1ccc2c(c1)NC(=O)CO2. The van der Waals surface area contributed by atoms with Gasteiger partial charge in [0.05, 0.1) is 17.7 Å². The molecule has 0 bridgehead atoms. The maximum atomic E-state index is 12.4. The Balaban J connectivity index is 1.87. The van der Waals surface area contributed by atoms with Crippen molar-refractivity contribution in [1.29, 1.82) is 0 Å². The molecule has 3 rings (SSSR count). The Bertz CT molecular complexity index is 540. The number of nitrogens with one attached hydrogen (secondary N) is 1. The summed E-state index contributed by atoms with van der Waals surface area (Å²) >= 11 is 0. The summed E-state index contributed by atoms with van der Waals surface area (Å²) in [6.45, 7) is 2.56. The van der Waals surface area contributed by atoms with Gasteiger partial charge in [-0.3, -0.25) is 9.59 Å². The molecule has 2 atom stereocenters. The summed E-state index contributed by atoms with van der Waals surface area (Å²) in [5.74, 6) is 0.368. The fourth-order valence-corrected chi connectivity index (χ4v) is 2.53. The molecule has 2 unspecified atom stereocenters. The first-order valence-corrected chi connectivity index (χ1v) is 6.37. The number of amides is 1. The van der Waals surface area contributed by atoms with Crippen molar-refractivity contribution < 1.29 is 19.1 Å². The number of hydrogen-bond donors (Lipinski definition) is 1. The van der Waals surface area contributed by atoms with Crippen LogP contribution in [-0.4, -0.2) is 31.0 Å². The molecule has 5 heteroatoms. The molecule has 0 spiro atoms. The number of ketones is 1. The Morgan fingerprint density at radius 1 is 1.42 bits per heavy atom. The topological polar surface area (TPSA) is 64.6 Å². The third-order valence-electron chi connectivity index (χ3n) is 3.61. The third-order valence-corrected chi connectivity index (χ3v) is 3.61. The van der Waals surface area contributed by atoms with Gasteiger partial charge in [-0.05, 0) is 31.5 Å². The Hall–Kier alpha value is -1.88. The zero-order valence-corrected chi connectivity index (χ0v) is 10.6. The van der Waals surface area contributed by atoms with Gasteiger partial charge in [0.1, 0.15) is 5.75 Å². The molecular weight excluding hydrogens is 246 g/mol. The highest BCUT2D eigenvalue weighted by molar-refractivity contribution is 6.02. The molecule has 0 saturated carbocycles. The highest BCUT2D eigenvalue weighted by Crippen LogP contribution is 2.31. The van der Waals surface area contributed by atoms with Gasteiger partial charge in [-0.25, -0.2) is 0 Å². The molecule has 0 aromatic heterocycles. The molecule has 1 saturated heterocycles. The van der Waals surface area contributed by atoms with Crippen molar-refractivity contribution in [3.63, 3.8) is 0 Å². The molecule has 2 heterocycles. The largest absolute Gasteiger partial charge is 0.482 e. The van der Waals surface area contributed by atoms with E-state index < -0.39 is 0 Å². The van der Waals surface area contributed by atoms with Gasteiger partial charge in [0.25, 0.3) is 5.91 Å². The highest BCUT2D eigenvalue weighted by Gasteiger charge is 2.31. The molecule has 2 aliphatic heterocycles. The van der Waals surface area contributed by atoms with Crippen LogP contribution in [0.2, 0.25) is 0 Å². The van der Waals surface area contributed by atoms with E-state index in [0.29, 0.717) is 23.6 Å². The fraction of sp³-hybridized carbons (Fsp3) is 0.429. The lowest BCUT2D eigenvalue weighted by molar-refractivity contribution is -0.118. The van der Waals surface area contributed by atoms with E-state index in [9.17, 15) is 9.59 Å². The zero-order valence-electron chi connectivity index (χ0n) is 10.6. The number of hydrogen-bond acceptors (Lipinski definition) is 4. The standard InChI is InChI=1S/C14H15NO4/c1-8-10(4-5-18-8)14(17)9-2-3-12-11(6-9)15-13(16)7-19-12/h2-3,6,8,10H,4-5,7H2,1H3,(H,15,16). The van der Waals surface area contributed by atoms with Crippen molar-refractivity contribution in [3.8, 4) is 5.75 Å². The van der Waals surface area contributed by atoms with E-state index in [-0.39, 0.29) is 30.3 Å². The maximum Gasteiger partial charge on any atom is 0.262 e. The number of rotatable bonds is 2. The van der Waals surface area contributed by atoms with E-state index in [1.165, 1.54) is 0 Å².